The van der Waals surface area contributed by atoms with Crippen LogP contribution in [0, 0.1) is 6.92 Å². The van der Waals surface area contributed by atoms with E-state index in [1.807, 2.05) is 17.7 Å². The Hall–Kier alpha value is -1.45. The number of aromatic nitrogens is 2. The van der Waals surface area contributed by atoms with Crippen LogP contribution in [0.3, 0.4) is 0 Å². The standard InChI is InChI=1S/C12H22N4/c1-6-7-9(4)14-12-11(13)10(5)15-16(12)8(2)3/h6,8-9,14H,1,7,13H2,2-5H3. The molecule has 4 heteroatoms. The van der Waals surface area contributed by atoms with Gasteiger partial charge in [0.2, 0.25) is 0 Å². The molecule has 1 heterocycles. The molecule has 1 aromatic heterocycles. The largest absolute Gasteiger partial charge is 0.394 e. The van der Waals surface area contributed by atoms with E-state index in [1.165, 1.54) is 0 Å². The lowest BCUT2D eigenvalue weighted by Gasteiger charge is -2.17. The molecule has 0 aliphatic rings. The number of rotatable bonds is 5. The van der Waals surface area contributed by atoms with E-state index >= 15 is 0 Å². The average Bonchev–Trinajstić information content (AvgIpc) is 2.46. The Labute approximate surface area is 97.5 Å². The molecule has 4 nitrogen and oxygen atoms in total. The van der Waals surface area contributed by atoms with Crippen molar-refractivity contribution < 1.29 is 0 Å². The van der Waals surface area contributed by atoms with E-state index in [0.29, 0.717) is 12.1 Å². The molecule has 90 valence electrons. The van der Waals surface area contributed by atoms with Crippen LogP contribution in [0.2, 0.25) is 0 Å². The van der Waals surface area contributed by atoms with Gasteiger partial charge in [-0.2, -0.15) is 5.10 Å². The van der Waals surface area contributed by atoms with Gasteiger partial charge in [-0.3, -0.25) is 0 Å². The monoisotopic (exact) mass is 222 g/mol. The van der Waals surface area contributed by atoms with Crippen LogP contribution in [-0.2, 0) is 0 Å². The zero-order valence-corrected chi connectivity index (χ0v) is 10.6. The molecule has 1 atom stereocenters. The number of nitrogen functional groups attached to an aromatic ring is 1. The molecule has 1 aromatic rings. The Balaban J connectivity index is 2.96. The lowest BCUT2D eigenvalue weighted by molar-refractivity contribution is 0.531. The third kappa shape index (κ3) is 2.56. The molecule has 0 radical (unpaired) electrons. The van der Waals surface area contributed by atoms with Gasteiger partial charge in [0.15, 0.2) is 0 Å². The lowest BCUT2D eigenvalue weighted by Crippen LogP contribution is -2.19. The normalized spacial score (nSPS) is 12.8. The van der Waals surface area contributed by atoms with Gasteiger partial charge in [-0.15, -0.1) is 6.58 Å². The summed E-state index contributed by atoms with van der Waals surface area (Å²) < 4.78 is 1.93. The molecule has 0 aliphatic heterocycles. The van der Waals surface area contributed by atoms with Gasteiger partial charge in [0.1, 0.15) is 5.82 Å². The predicted molar refractivity (Wildman–Crippen MR) is 69.7 cm³/mol. The van der Waals surface area contributed by atoms with Gasteiger partial charge < -0.3 is 11.1 Å². The number of nitrogens with two attached hydrogens (primary N) is 1. The molecule has 0 amide bonds. The summed E-state index contributed by atoms with van der Waals surface area (Å²) in [6.45, 7) is 12.0. The first kappa shape index (κ1) is 12.6. The maximum atomic E-state index is 6.01. The lowest BCUT2D eigenvalue weighted by atomic mass is 10.2. The third-order valence-corrected chi connectivity index (χ3v) is 2.52. The number of nitrogens with zero attached hydrogens (tertiary/aromatic N) is 2. The minimum Gasteiger partial charge on any atom is -0.394 e. The van der Waals surface area contributed by atoms with Crippen LogP contribution in [0.25, 0.3) is 0 Å². The molecule has 1 rings (SSSR count). The first-order valence-corrected chi connectivity index (χ1v) is 5.69. The second-order valence-electron chi connectivity index (χ2n) is 4.46. The molecule has 1 unspecified atom stereocenters. The highest BCUT2D eigenvalue weighted by Gasteiger charge is 2.15. The molecule has 0 saturated carbocycles. The van der Waals surface area contributed by atoms with Gasteiger partial charge in [-0.05, 0) is 34.1 Å². The van der Waals surface area contributed by atoms with Crippen molar-refractivity contribution in [1.29, 1.82) is 0 Å². The summed E-state index contributed by atoms with van der Waals surface area (Å²) in [5.41, 5.74) is 7.63. The van der Waals surface area contributed by atoms with Crippen LogP contribution < -0.4 is 11.1 Å². The molecule has 0 saturated heterocycles. The Morgan fingerprint density at radius 3 is 2.62 bits per heavy atom. The van der Waals surface area contributed by atoms with Gasteiger partial charge in [0.05, 0.1) is 11.4 Å². The Morgan fingerprint density at radius 2 is 2.12 bits per heavy atom. The van der Waals surface area contributed by atoms with E-state index in [-0.39, 0.29) is 0 Å². The topological polar surface area (TPSA) is 55.9 Å². The SMILES string of the molecule is C=CCC(C)Nc1c(N)c(C)nn1C(C)C. The van der Waals surface area contributed by atoms with Crippen LogP contribution in [0.4, 0.5) is 11.5 Å². The van der Waals surface area contributed by atoms with Gasteiger partial charge >= 0.3 is 0 Å². The first-order chi connectivity index (χ1) is 7.47. The van der Waals surface area contributed by atoms with E-state index in [2.05, 4.69) is 37.8 Å². The quantitative estimate of drug-likeness (QED) is 0.753. The van der Waals surface area contributed by atoms with E-state index in [9.17, 15) is 0 Å². The van der Waals surface area contributed by atoms with Crippen LogP contribution in [0.1, 0.15) is 38.9 Å². The fourth-order valence-electron chi connectivity index (χ4n) is 1.62. The number of nitrogens with one attached hydrogen (secondary N) is 1. The molecular weight excluding hydrogens is 200 g/mol. The average molecular weight is 222 g/mol. The highest BCUT2D eigenvalue weighted by molar-refractivity contribution is 5.65. The van der Waals surface area contributed by atoms with Crippen LogP contribution in [0.15, 0.2) is 12.7 Å². The number of hydrogen-bond acceptors (Lipinski definition) is 3. The van der Waals surface area contributed by atoms with Gasteiger partial charge in [-0.25, -0.2) is 4.68 Å². The van der Waals surface area contributed by atoms with E-state index in [1.54, 1.807) is 0 Å². The Morgan fingerprint density at radius 1 is 1.50 bits per heavy atom. The molecule has 0 fully saturated rings. The maximum absolute atomic E-state index is 6.01. The Kier molecular flexibility index (Phi) is 3.99. The van der Waals surface area contributed by atoms with E-state index < -0.39 is 0 Å². The van der Waals surface area contributed by atoms with Gasteiger partial charge in [0, 0.05) is 12.1 Å². The molecule has 3 N–H and O–H groups in total. The van der Waals surface area contributed by atoms with E-state index in [4.69, 9.17) is 5.73 Å². The zero-order valence-electron chi connectivity index (χ0n) is 10.6. The fourth-order valence-corrected chi connectivity index (χ4v) is 1.62. The smallest absolute Gasteiger partial charge is 0.148 e. The van der Waals surface area contributed by atoms with Crippen molar-refractivity contribution in [2.45, 2.75) is 46.2 Å². The van der Waals surface area contributed by atoms with Crippen molar-refractivity contribution in [3.05, 3.63) is 18.3 Å². The second-order valence-corrected chi connectivity index (χ2v) is 4.46. The molecule has 0 bridgehead atoms. The minimum atomic E-state index is 0.300. The summed E-state index contributed by atoms with van der Waals surface area (Å²) in [6.07, 6.45) is 2.80. The summed E-state index contributed by atoms with van der Waals surface area (Å²) in [6, 6.07) is 0.614. The summed E-state index contributed by atoms with van der Waals surface area (Å²) in [7, 11) is 0. The minimum absolute atomic E-state index is 0.300. The van der Waals surface area contributed by atoms with E-state index in [0.717, 1.165) is 23.6 Å². The molecule has 16 heavy (non-hydrogen) atoms. The Bertz CT molecular complexity index is 365. The number of anilines is 2. The second kappa shape index (κ2) is 5.05. The first-order valence-electron chi connectivity index (χ1n) is 5.69. The predicted octanol–water partition coefficient (Wildman–Crippen LogP) is 2.73. The van der Waals surface area contributed by atoms with Crippen LogP contribution >= 0.6 is 0 Å². The van der Waals surface area contributed by atoms with Crippen molar-refractivity contribution in [1.82, 2.24) is 9.78 Å². The zero-order chi connectivity index (χ0) is 12.3. The highest BCUT2D eigenvalue weighted by atomic mass is 15.4. The van der Waals surface area contributed by atoms with Crippen LogP contribution in [-0.4, -0.2) is 15.8 Å². The van der Waals surface area contributed by atoms with Crippen molar-refractivity contribution in [3.63, 3.8) is 0 Å². The summed E-state index contributed by atoms with van der Waals surface area (Å²) in [5.74, 6) is 0.918. The van der Waals surface area contributed by atoms with Crippen LogP contribution in [0.5, 0.6) is 0 Å². The van der Waals surface area contributed by atoms with Gasteiger partial charge in [0.25, 0.3) is 0 Å². The summed E-state index contributed by atoms with van der Waals surface area (Å²) in [5, 5.41) is 7.81. The maximum Gasteiger partial charge on any atom is 0.148 e. The number of hydrogen-bond donors (Lipinski definition) is 2. The van der Waals surface area contributed by atoms with Crippen molar-refractivity contribution in [3.8, 4) is 0 Å². The van der Waals surface area contributed by atoms with Gasteiger partial charge in [-0.1, -0.05) is 6.08 Å². The molecule has 0 spiro atoms. The molecule has 0 aromatic carbocycles. The van der Waals surface area contributed by atoms with Crippen molar-refractivity contribution in [2.24, 2.45) is 0 Å². The molecule has 0 aliphatic carbocycles. The number of aryl methyl sites for hydroxylation is 1. The molecular formula is C12H22N4. The van der Waals surface area contributed by atoms with Crippen molar-refractivity contribution in [2.75, 3.05) is 11.1 Å². The summed E-state index contributed by atoms with van der Waals surface area (Å²) in [4.78, 5) is 0. The summed E-state index contributed by atoms with van der Waals surface area (Å²) >= 11 is 0. The fraction of sp³-hybridized carbons (Fsp3) is 0.583. The highest BCUT2D eigenvalue weighted by Crippen LogP contribution is 2.26. The van der Waals surface area contributed by atoms with Crippen molar-refractivity contribution >= 4 is 11.5 Å². The third-order valence-electron chi connectivity index (χ3n) is 2.52.